The molecule has 1 aromatic heterocycles. The molecule has 1 saturated heterocycles. The monoisotopic (exact) mass is 351 g/mol. The molecule has 0 spiro atoms. The third kappa shape index (κ3) is 4.35. The Morgan fingerprint density at radius 1 is 1.42 bits per heavy atom. The quantitative estimate of drug-likeness (QED) is 0.848. The fourth-order valence-electron chi connectivity index (χ4n) is 2.91. The van der Waals surface area contributed by atoms with E-state index in [2.05, 4.69) is 5.32 Å². The maximum atomic E-state index is 12.8. The highest BCUT2D eigenvalue weighted by atomic mass is 32.1. The van der Waals surface area contributed by atoms with Crippen molar-refractivity contribution in [3.63, 3.8) is 0 Å². The number of amides is 3. The van der Waals surface area contributed by atoms with Gasteiger partial charge in [0, 0.05) is 19.1 Å². The van der Waals surface area contributed by atoms with E-state index in [0.29, 0.717) is 24.4 Å². The van der Waals surface area contributed by atoms with Gasteiger partial charge in [-0.15, -0.1) is 11.3 Å². The first-order valence-electron chi connectivity index (χ1n) is 8.36. The van der Waals surface area contributed by atoms with Crippen molar-refractivity contribution >= 4 is 29.1 Å². The lowest BCUT2D eigenvalue weighted by atomic mass is 10.2. The van der Waals surface area contributed by atoms with Crippen molar-refractivity contribution < 1.29 is 14.4 Å². The van der Waals surface area contributed by atoms with Crippen LogP contribution in [-0.2, 0) is 9.59 Å². The number of likely N-dealkylation sites (tertiary alicyclic amines) is 1. The predicted molar refractivity (Wildman–Crippen MR) is 93.9 cm³/mol. The minimum Gasteiger partial charge on any atom is -0.352 e. The van der Waals surface area contributed by atoms with Crippen LogP contribution in [0.3, 0.4) is 0 Å². The molecule has 1 aromatic rings. The van der Waals surface area contributed by atoms with E-state index in [0.717, 1.165) is 6.42 Å². The number of nitrogens with one attached hydrogen (secondary N) is 1. The topological polar surface area (TPSA) is 69.7 Å². The van der Waals surface area contributed by atoms with E-state index < -0.39 is 6.04 Å². The molecule has 1 aliphatic rings. The lowest BCUT2D eigenvalue weighted by molar-refractivity contribution is -0.139. The van der Waals surface area contributed by atoms with Gasteiger partial charge in [0.1, 0.15) is 6.04 Å². The molecule has 0 bridgehead atoms. The van der Waals surface area contributed by atoms with Crippen molar-refractivity contribution in [1.82, 2.24) is 15.1 Å². The van der Waals surface area contributed by atoms with Gasteiger partial charge in [-0.25, -0.2) is 0 Å². The van der Waals surface area contributed by atoms with Gasteiger partial charge < -0.3 is 15.1 Å². The Kier molecular flexibility index (Phi) is 6.36. The van der Waals surface area contributed by atoms with Gasteiger partial charge in [-0.2, -0.15) is 0 Å². The number of carbonyl (C=O) groups excluding carboxylic acids is 3. The van der Waals surface area contributed by atoms with E-state index >= 15 is 0 Å². The zero-order valence-corrected chi connectivity index (χ0v) is 15.3. The third-order valence-electron chi connectivity index (χ3n) is 4.01. The molecule has 2 heterocycles. The largest absolute Gasteiger partial charge is 0.352 e. The Morgan fingerprint density at radius 3 is 2.75 bits per heavy atom. The number of hydrogen-bond donors (Lipinski definition) is 1. The van der Waals surface area contributed by atoms with Crippen molar-refractivity contribution in [2.24, 2.45) is 0 Å². The first-order chi connectivity index (χ1) is 11.4. The molecule has 1 unspecified atom stereocenters. The summed E-state index contributed by atoms with van der Waals surface area (Å²) in [7, 11) is 0. The molecule has 1 aliphatic heterocycles. The second-order valence-electron chi connectivity index (χ2n) is 6.21. The molecule has 0 saturated carbocycles. The summed E-state index contributed by atoms with van der Waals surface area (Å²) in [6, 6.07) is 3.18. The first kappa shape index (κ1) is 18.4. The van der Waals surface area contributed by atoms with Crippen LogP contribution in [0.15, 0.2) is 17.5 Å². The first-order valence-corrected chi connectivity index (χ1v) is 9.24. The maximum Gasteiger partial charge on any atom is 0.264 e. The molecular weight excluding hydrogens is 326 g/mol. The fourth-order valence-corrected chi connectivity index (χ4v) is 3.58. The van der Waals surface area contributed by atoms with E-state index in [1.165, 1.54) is 16.2 Å². The maximum absolute atomic E-state index is 12.8. The number of rotatable bonds is 6. The molecule has 2 rings (SSSR count). The molecule has 0 radical (unpaired) electrons. The third-order valence-corrected chi connectivity index (χ3v) is 4.87. The summed E-state index contributed by atoms with van der Waals surface area (Å²) in [5, 5.41) is 4.65. The van der Waals surface area contributed by atoms with Crippen molar-refractivity contribution in [2.75, 3.05) is 19.6 Å². The molecule has 7 heteroatoms. The summed E-state index contributed by atoms with van der Waals surface area (Å²) in [4.78, 5) is 41.2. The SMILES string of the molecule is CCN(CC(=O)NC(C)C)C(=O)C1CCCN1C(=O)c1cccs1. The summed E-state index contributed by atoms with van der Waals surface area (Å²) < 4.78 is 0. The average Bonchev–Trinajstić information content (AvgIpc) is 3.21. The molecule has 1 fully saturated rings. The number of likely N-dealkylation sites (N-methyl/N-ethyl adjacent to an activating group) is 1. The highest BCUT2D eigenvalue weighted by Crippen LogP contribution is 2.23. The van der Waals surface area contributed by atoms with Gasteiger partial charge in [-0.1, -0.05) is 6.07 Å². The van der Waals surface area contributed by atoms with E-state index in [1.54, 1.807) is 11.0 Å². The molecule has 1 atom stereocenters. The highest BCUT2D eigenvalue weighted by Gasteiger charge is 2.37. The Labute approximate surface area is 146 Å². The lowest BCUT2D eigenvalue weighted by Gasteiger charge is -2.29. The standard InChI is InChI=1S/C17H25N3O3S/c1-4-19(11-15(21)18-12(2)3)16(22)13-7-5-9-20(13)17(23)14-8-6-10-24-14/h6,8,10,12-13H,4-5,7,9,11H2,1-3H3,(H,18,21). The second-order valence-corrected chi connectivity index (χ2v) is 7.16. The number of thiophene rings is 1. The highest BCUT2D eigenvalue weighted by molar-refractivity contribution is 7.12. The number of hydrogen-bond acceptors (Lipinski definition) is 4. The molecule has 1 N–H and O–H groups in total. The number of nitrogens with zero attached hydrogens (tertiary/aromatic N) is 2. The molecule has 0 aromatic carbocycles. The van der Waals surface area contributed by atoms with Gasteiger partial charge in [-0.05, 0) is 45.1 Å². The van der Waals surface area contributed by atoms with Gasteiger partial charge in [0.2, 0.25) is 11.8 Å². The smallest absolute Gasteiger partial charge is 0.264 e. The Bertz CT molecular complexity index is 586. The molecule has 6 nitrogen and oxygen atoms in total. The van der Waals surface area contributed by atoms with Crippen LogP contribution in [0.25, 0.3) is 0 Å². The second kappa shape index (κ2) is 8.28. The molecule has 24 heavy (non-hydrogen) atoms. The lowest BCUT2D eigenvalue weighted by Crippen LogP contribution is -2.50. The Hall–Kier alpha value is -1.89. The van der Waals surface area contributed by atoms with Gasteiger partial charge in [0.25, 0.3) is 5.91 Å². The minimum absolute atomic E-state index is 0.0328. The fraction of sp³-hybridized carbons (Fsp3) is 0.588. The van der Waals surface area contributed by atoms with Gasteiger partial charge in [0.05, 0.1) is 11.4 Å². The van der Waals surface area contributed by atoms with Crippen LogP contribution in [0, 0.1) is 0 Å². The molecule has 132 valence electrons. The Morgan fingerprint density at radius 2 is 2.17 bits per heavy atom. The van der Waals surface area contributed by atoms with Crippen molar-refractivity contribution in [3.05, 3.63) is 22.4 Å². The van der Waals surface area contributed by atoms with Crippen molar-refractivity contribution in [2.45, 2.75) is 45.7 Å². The van der Waals surface area contributed by atoms with Crippen molar-refractivity contribution in [1.29, 1.82) is 0 Å². The normalized spacial score (nSPS) is 17.2. The summed E-state index contributed by atoms with van der Waals surface area (Å²) in [6.45, 7) is 6.68. The van der Waals surface area contributed by atoms with Gasteiger partial charge in [0.15, 0.2) is 0 Å². The molecule has 3 amide bonds. The number of carbonyl (C=O) groups is 3. The summed E-state index contributed by atoms with van der Waals surface area (Å²) in [5.74, 6) is -0.406. The van der Waals surface area contributed by atoms with Crippen LogP contribution >= 0.6 is 11.3 Å². The average molecular weight is 351 g/mol. The predicted octanol–water partition coefficient (Wildman–Crippen LogP) is 1.73. The van der Waals surface area contributed by atoms with E-state index in [-0.39, 0.29) is 30.3 Å². The van der Waals surface area contributed by atoms with Gasteiger partial charge in [-0.3, -0.25) is 14.4 Å². The van der Waals surface area contributed by atoms with Crippen LogP contribution in [-0.4, -0.2) is 59.2 Å². The van der Waals surface area contributed by atoms with E-state index in [1.807, 2.05) is 32.2 Å². The summed E-state index contributed by atoms with van der Waals surface area (Å²) in [5.41, 5.74) is 0. The summed E-state index contributed by atoms with van der Waals surface area (Å²) in [6.07, 6.45) is 1.46. The van der Waals surface area contributed by atoms with Crippen LogP contribution in [0.1, 0.15) is 43.3 Å². The van der Waals surface area contributed by atoms with Crippen molar-refractivity contribution in [3.8, 4) is 0 Å². The summed E-state index contributed by atoms with van der Waals surface area (Å²) >= 11 is 1.38. The van der Waals surface area contributed by atoms with E-state index in [9.17, 15) is 14.4 Å². The van der Waals surface area contributed by atoms with Crippen LogP contribution in [0.5, 0.6) is 0 Å². The molecular formula is C17H25N3O3S. The minimum atomic E-state index is -0.466. The van der Waals surface area contributed by atoms with Crippen LogP contribution in [0.4, 0.5) is 0 Å². The zero-order valence-electron chi connectivity index (χ0n) is 14.4. The molecule has 0 aliphatic carbocycles. The zero-order chi connectivity index (χ0) is 17.7. The van der Waals surface area contributed by atoms with E-state index in [4.69, 9.17) is 0 Å². The van der Waals surface area contributed by atoms with Gasteiger partial charge >= 0.3 is 0 Å². The Balaban J connectivity index is 2.05. The van der Waals surface area contributed by atoms with Crippen LogP contribution in [0.2, 0.25) is 0 Å². The van der Waals surface area contributed by atoms with Crippen LogP contribution < -0.4 is 5.32 Å².